The van der Waals surface area contributed by atoms with Gasteiger partial charge < -0.3 is 5.11 Å². The van der Waals surface area contributed by atoms with Gasteiger partial charge in [-0.1, -0.05) is 0 Å². The van der Waals surface area contributed by atoms with Crippen molar-refractivity contribution in [2.75, 3.05) is 0 Å². The molecule has 0 aromatic heterocycles. The van der Waals surface area contributed by atoms with Crippen LogP contribution in [0.3, 0.4) is 0 Å². The fraction of sp³-hybridized carbons (Fsp3) is 0.125. The predicted molar refractivity (Wildman–Crippen MR) is 50.8 cm³/mol. The van der Waals surface area contributed by atoms with E-state index < -0.39 is 5.82 Å². The first kappa shape index (κ1) is 9.44. The Balaban J connectivity index is 3.38. The number of phenolic OH excluding ortho intramolecular Hbond substituents is 1. The summed E-state index contributed by atoms with van der Waals surface area (Å²) in [5, 5.41) is 8.94. The first-order chi connectivity index (χ1) is 5.52. The second kappa shape index (κ2) is 3.38. The average molecular weight is 280 g/mol. The lowest BCUT2D eigenvalue weighted by Gasteiger charge is -2.02. The van der Waals surface area contributed by atoms with Gasteiger partial charge in [-0.05, 0) is 35.6 Å². The van der Waals surface area contributed by atoms with Crippen LogP contribution in [-0.2, 0) is 0 Å². The first-order valence-corrected chi connectivity index (χ1v) is 4.29. The van der Waals surface area contributed by atoms with E-state index in [0.717, 1.165) is 6.07 Å². The number of carbonyl (C=O) groups excluding carboxylic acids is 1. The number of phenols is 1. The van der Waals surface area contributed by atoms with E-state index in [0.29, 0.717) is 3.57 Å². The van der Waals surface area contributed by atoms with Crippen LogP contribution in [0.4, 0.5) is 4.39 Å². The molecule has 1 rings (SSSR count). The summed E-state index contributed by atoms with van der Waals surface area (Å²) in [5.74, 6) is -1.18. The molecule has 0 unspecified atom stereocenters. The van der Waals surface area contributed by atoms with Crippen LogP contribution in [0.5, 0.6) is 5.75 Å². The Kier molecular flexibility index (Phi) is 2.66. The van der Waals surface area contributed by atoms with Crippen molar-refractivity contribution in [3.05, 3.63) is 27.1 Å². The van der Waals surface area contributed by atoms with Gasteiger partial charge in [0.25, 0.3) is 0 Å². The minimum atomic E-state index is -0.674. The van der Waals surface area contributed by atoms with E-state index in [1.165, 1.54) is 13.0 Å². The van der Waals surface area contributed by atoms with E-state index in [1.54, 1.807) is 22.6 Å². The van der Waals surface area contributed by atoms with Crippen molar-refractivity contribution in [1.82, 2.24) is 0 Å². The molecule has 4 heteroatoms. The molecule has 0 fully saturated rings. The molecule has 0 spiro atoms. The maximum atomic E-state index is 13.0. The minimum Gasteiger partial charge on any atom is -0.508 e. The molecular formula is C8H6FIO2. The predicted octanol–water partition coefficient (Wildman–Crippen LogP) is 2.34. The lowest BCUT2D eigenvalue weighted by atomic mass is 10.1. The molecular weight excluding hydrogens is 274 g/mol. The molecule has 0 aliphatic heterocycles. The van der Waals surface area contributed by atoms with Crippen LogP contribution >= 0.6 is 22.6 Å². The van der Waals surface area contributed by atoms with Gasteiger partial charge in [-0.3, -0.25) is 4.79 Å². The van der Waals surface area contributed by atoms with Crippen LogP contribution in [0, 0.1) is 9.39 Å². The third kappa shape index (κ3) is 1.74. The van der Waals surface area contributed by atoms with Gasteiger partial charge in [0, 0.05) is 9.64 Å². The highest BCUT2D eigenvalue weighted by atomic mass is 127. The zero-order valence-electron chi connectivity index (χ0n) is 6.27. The Hall–Kier alpha value is -0.650. The van der Waals surface area contributed by atoms with Crippen molar-refractivity contribution in [2.24, 2.45) is 0 Å². The summed E-state index contributed by atoms with van der Waals surface area (Å²) in [7, 11) is 0. The van der Waals surface area contributed by atoms with E-state index >= 15 is 0 Å². The summed E-state index contributed by atoms with van der Waals surface area (Å²) in [5.41, 5.74) is 0.0356. The summed E-state index contributed by atoms with van der Waals surface area (Å²) < 4.78 is 13.4. The third-order valence-corrected chi connectivity index (χ3v) is 2.23. The van der Waals surface area contributed by atoms with Gasteiger partial charge in [-0.25, -0.2) is 4.39 Å². The number of halogens is 2. The zero-order valence-corrected chi connectivity index (χ0v) is 8.42. The normalized spacial score (nSPS) is 9.92. The molecule has 0 saturated carbocycles. The molecule has 0 amide bonds. The highest BCUT2D eigenvalue weighted by molar-refractivity contribution is 14.1. The van der Waals surface area contributed by atoms with Gasteiger partial charge in [0.2, 0.25) is 0 Å². The van der Waals surface area contributed by atoms with Crippen LogP contribution in [0.1, 0.15) is 17.3 Å². The minimum absolute atomic E-state index is 0.0356. The molecule has 0 radical (unpaired) electrons. The second-order valence-electron chi connectivity index (χ2n) is 2.34. The third-order valence-electron chi connectivity index (χ3n) is 1.38. The van der Waals surface area contributed by atoms with Gasteiger partial charge in [0.1, 0.15) is 11.6 Å². The maximum Gasteiger partial charge on any atom is 0.163 e. The maximum absolute atomic E-state index is 13.0. The summed E-state index contributed by atoms with van der Waals surface area (Å²) in [6, 6.07) is 2.28. The number of rotatable bonds is 1. The van der Waals surface area contributed by atoms with Gasteiger partial charge in [-0.15, -0.1) is 0 Å². The number of benzene rings is 1. The lowest BCUT2D eigenvalue weighted by molar-refractivity contribution is 0.101. The van der Waals surface area contributed by atoms with Crippen molar-refractivity contribution in [1.29, 1.82) is 0 Å². The molecule has 12 heavy (non-hydrogen) atoms. The van der Waals surface area contributed by atoms with Crippen LogP contribution in [-0.4, -0.2) is 10.9 Å². The van der Waals surface area contributed by atoms with Crippen molar-refractivity contribution >= 4 is 28.4 Å². The van der Waals surface area contributed by atoms with Gasteiger partial charge in [0.05, 0.1) is 5.56 Å². The van der Waals surface area contributed by atoms with E-state index in [1.807, 2.05) is 0 Å². The molecule has 0 bridgehead atoms. The van der Waals surface area contributed by atoms with Gasteiger partial charge in [0.15, 0.2) is 5.78 Å². The fourth-order valence-corrected chi connectivity index (χ4v) is 1.85. The molecule has 64 valence electrons. The molecule has 1 aromatic rings. The fourth-order valence-electron chi connectivity index (χ4n) is 0.896. The lowest BCUT2D eigenvalue weighted by Crippen LogP contribution is -2.00. The molecule has 0 atom stereocenters. The van der Waals surface area contributed by atoms with Crippen molar-refractivity contribution in [3.63, 3.8) is 0 Å². The van der Waals surface area contributed by atoms with Crippen LogP contribution in [0.15, 0.2) is 12.1 Å². The molecule has 0 aliphatic rings. The average Bonchev–Trinajstić information content (AvgIpc) is 1.82. The molecule has 1 N–H and O–H groups in total. The first-order valence-electron chi connectivity index (χ1n) is 3.21. The monoisotopic (exact) mass is 280 g/mol. The molecule has 2 nitrogen and oxygen atoms in total. The Morgan fingerprint density at radius 1 is 1.58 bits per heavy atom. The summed E-state index contributed by atoms with van der Waals surface area (Å²) >= 11 is 1.81. The van der Waals surface area contributed by atoms with E-state index in [9.17, 15) is 9.18 Å². The second-order valence-corrected chi connectivity index (χ2v) is 3.50. The highest BCUT2D eigenvalue weighted by Crippen LogP contribution is 2.22. The van der Waals surface area contributed by atoms with Crippen molar-refractivity contribution in [3.8, 4) is 5.75 Å². The van der Waals surface area contributed by atoms with E-state index in [2.05, 4.69) is 0 Å². The zero-order chi connectivity index (χ0) is 9.30. The number of hydrogen-bond donors (Lipinski definition) is 1. The van der Waals surface area contributed by atoms with Crippen molar-refractivity contribution in [2.45, 2.75) is 6.92 Å². The Morgan fingerprint density at radius 3 is 2.58 bits per heavy atom. The number of ketones is 1. The molecule has 0 saturated heterocycles. The quantitative estimate of drug-likeness (QED) is 0.633. The largest absolute Gasteiger partial charge is 0.508 e. The van der Waals surface area contributed by atoms with Crippen molar-refractivity contribution < 1.29 is 14.3 Å². The van der Waals surface area contributed by atoms with Gasteiger partial charge >= 0.3 is 0 Å². The molecule has 0 aliphatic carbocycles. The number of hydrogen-bond acceptors (Lipinski definition) is 2. The molecule has 0 heterocycles. The summed E-state index contributed by atoms with van der Waals surface area (Å²) in [6.45, 7) is 1.29. The summed E-state index contributed by atoms with van der Waals surface area (Å²) in [4.78, 5) is 10.9. The SMILES string of the molecule is CC(=O)c1c(F)cc(O)cc1I. The Labute approximate surface area is 82.5 Å². The smallest absolute Gasteiger partial charge is 0.163 e. The molecule has 1 aromatic carbocycles. The highest BCUT2D eigenvalue weighted by Gasteiger charge is 2.12. The topological polar surface area (TPSA) is 37.3 Å². The van der Waals surface area contributed by atoms with Crippen LogP contribution in [0.25, 0.3) is 0 Å². The Bertz CT molecular complexity index is 313. The standard InChI is InChI=1S/C8H6FIO2/c1-4(11)8-6(9)2-5(12)3-7(8)10/h2-3,12H,1H3. The van der Waals surface area contributed by atoms with E-state index in [4.69, 9.17) is 5.11 Å². The van der Waals surface area contributed by atoms with Crippen LogP contribution < -0.4 is 0 Å². The van der Waals surface area contributed by atoms with Crippen LogP contribution in [0.2, 0.25) is 0 Å². The summed E-state index contributed by atoms with van der Waals surface area (Å²) in [6.07, 6.45) is 0. The number of Topliss-reactive ketones (excluding diaryl/α,β-unsaturated/α-hetero) is 1. The van der Waals surface area contributed by atoms with E-state index in [-0.39, 0.29) is 17.1 Å². The number of carbonyl (C=O) groups is 1. The number of aromatic hydroxyl groups is 1. The van der Waals surface area contributed by atoms with Gasteiger partial charge in [-0.2, -0.15) is 0 Å². The Morgan fingerprint density at radius 2 is 2.17 bits per heavy atom.